The molecule has 0 aromatic carbocycles. The van der Waals surface area contributed by atoms with Crippen LogP contribution < -0.4 is 0 Å². The number of carbonyl (C=O) groups is 1. The second-order valence-electron chi connectivity index (χ2n) is 5.64. The van der Waals surface area contributed by atoms with Crippen LogP contribution in [-0.4, -0.2) is 18.0 Å². The van der Waals surface area contributed by atoms with Gasteiger partial charge in [0.25, 0.3) is 0 Å². The van der Waals surface area contributed by atoms with Gasteiger partial charge >= 0.3 is 0 Å². The van der Waals surface area contributed by atoms with Gasteiger partial charge in [-0.1, -0.05) is 25.4 Å². The van der Waals surface area contributed by atoms with E-state index in [1.54, 1.807) is 12.1 Å². The first-order chi connectivity index (χ1) is 8.97. The maximum absolute atomic E-state index is 12.2. The van der Waals surface area contributed by atoms with Crippen LogP contribution >= 0.6 is 22.9 Å². The van der Waals surface area contributed by atoms with Gasteiger partial charge in [0.15, 0.2) is 0 Å². The molecular weight excluding hydrogens is 280 g/mol. The lowest BCUT2D eigenvalue weighted by Gasteiger charge is -2.33. The Morgan fingerprint density at radius 3 is 2.68 bits per heavy atom. The van der Waals surface area contributed by atoms with Crippen molar-refractivity contribution in [3.05, 3.63) is 21.3 Å². The molecule has 0 N–H and O–H groups in total. The third kappa shape index (κ3) is 3.80. The maximum Gasteiger partial charge on any atom is 0.201 e. The molecule has 1 fully saturated rings. The molecule has 106 valence electrons. The van der Waals surface area contributed by atoms with E-state index in [0.29, 0.717) is 15.1 Å². The summed E-state index contributed by atoms with van der Waals surface area (Å²) in [4.78, 5) is 12.9. The summed E-state index contributed by atoms with van der Waals surface area (Å²) in [5.41, 5.74) is 0. The Balaban J connectivity index is 1.90. The fourth-order valence-corrected chi connectivity index (χ4v) is 3.68. The van der Waals surface area contributed by atoms with Gasteiger partial charge in [0, 0.05) is 0 Å². The van der Waals surface area contributed by atoms with Crippen molar-refractivity contribution in [2.24, 2.45) is 11.8 Å². The van der Waals surface area contributed by atoms with Crippen LogP contribution in [0.15, 0.2) is 12.1 Å². The van der Waals surface area contributed by atoms with Crippen molar-refractivity contribution in [1.29, 1.82) is 0 Å². The van der Waals surface area contributed by atoms with Gasteiger partial charge in [-0.15, -0.1) is 11.3 Å². The van der Waals surface area contributed by atoms with Gasteiger partial charge in [0.2, 0.25) is 5.78 Å². The van der Waals surface area contributed by atoms with Crippen LogP contribution in [0, 0.1) is 11.8 Å². The highest BCUT2D eigenvalue weighted by atomic mass is 35.5. The minimum absolute atomic E-state index is 0.0446. The fourth-order valence-electron chi connectivity index (χ4n) is 2.62. The first-order valence-corrected chi connectivity index (χ1v) is 8.11. The number of thiophene rings is 1. The van der Waals surface area contributed by atoms with Crippen molar-refractivity contribution in [3.8, 4) is 0 Å². The zero-order valence-electron chi connectivity index (χ0n) is 11.7. The summed E-state index contributed by atoms with van der Waals surface area (Å²) in [5, 5.41) is 0. The summed E-state index contributed by atoms with van der Waals surface area (Å²) in [5.74, 6) is 1.49. The number of halogens is 1. The molecule has 2 nitrogen and oxygen atoms in total. The van der Waals surface area contributed by atoms with E-state index in [-0.39, 0.29) is 18.0 Å². The second-order valence-corrected chi connectivity index (χ2v) is 7.35. The van der Waals surface area contributed by atoms with Gasteiger partial charge in [-0.25, -0.2) is 0 Å². The molecule has 2 rings (SSSR count). The summed E-state index contributed by atoms with van der Waals surface area (Å²) in [6, 6.07) is 3.54. The van der Waals surface area contributed by atoms with Crippen LogP contribution in [0.4, 0.5) is 0 Å². The minimum atomic E-state index is -0.375. The molecule has 0 radical (unpaired) electrons. The van der Waals surface area contributed by atoms with Gasteiger partial charge in [-0.05, 0) is 50.2 Å². The van der Waals surface area contributed by atoms with Crippen LogP contribution in [0.2, 0.25) is 4.34 Å². The Morgan fingerprint density at radius 1 is 1.37 bits per heavy atom. The molecule has 0 spiro atoms. The lowest BCUT2D eigenvalue weighted by atomic mass is 9.80. The van der Waals surface area contributed by atoms with Gasteiger partial charge in [0.1, 0.15) is 6.10 Å². The quantitative estimate of drug-likeness (QED) is 0.746. The van der Waals surface area contributed by atoms with E-state index in [1.807, 2.05) is 6.92 Å². The molecule has 1 heterocycles. The highest BCUT2D eigenvalue weighted by Gasteiger charge is 2.28. The highest BCUT2D eigenvalue weighted by molar-refractivity contribution is 7.18. The minimum Gasteiger partial charge on any atom is -0.367 e. The third-order valence-corrected chi connectivity index (χ3v) is 5.38. The topological polar surface area (TPSA) is 26.3 Å². The zero-order valence-corrected chi connectivity index (χ0v) is 13.3. The summed E-state index contributed by atoms with van der Waals surface area (Å²) < 4.78 is 6.60. The smallest absolute Gasteiger partial charge is 0.201 e. The van der Waals surface area contributed by atoms with Crippen LogP contribution in [0.5, 0.6) is 0 Å². The molecule has 1 aromatic heterocycles. The molecular formula is C15H21ClO2S. The van der Waals surface area contributed by atoms with Crippen LogP contribution in [-0.2, 0) is 4.74 Å². The van der Waals surface area contributed by atoms with E-state index in [2.05, 4.69) is 13.8 Å². The van der Waals surface area contributed by atoms with Crippen molar-refractivity contribution in [2.45, 2.75) is 52.2 Å². The number of hydrogen-bond acceptors (Lipinski definition) is 3. The normalized spacial score (nSPS) is 29.2. The van der Waals surface area contributed by atoms with Crippen molar-refractivity contribution < 1.29 is 9.53 Å². The molecule has 4 heteroatoms. The van der Waals surface area contributed by atoms with E-state index in [0.717, 1.165) is 18.8 Å². The lowest BCUT2D eigenvalue weighted by molar-refractivity contribution is -0.0286. The lowest BCUT2D eigenvalue weighted by Crippen LogP contribution is -2.32. The van der Waals surface area contributed by atoms with E-state index in [9.17, 15) is 4.79 Å². The number of Topliss-reactive ketones (excluding diaryl/α,β-unsaturated/α-hetero) is 1. The molecule has 1 aromatic rings. The highest BCUT2D eigenvalue weighted by Crippen LogP contribution is 2.32. The average molecular weight is 301 g/mol. The molecule has 19 heavy (non-hydrogen) atoms. The summed E-state index contributed by atoms with van der Waals surface area (Å²) in [6.07, 6.45) is 3.16. The molecule has 0 bridgehead atoms. The summed E-state index contributed by atoms with van der Waals surface area (Å²) in [7, 11) is 0. The molecule has 1 saturated carbocycles. The monoisotopic (exact) mass is 300 g/mol. The van der Waals surface area contributed by atoms with Crippen molar-refractivity contribution in [1.82, 2.24) is 0 Å². The maximum atomic E-state index is 12.2. The Kier molecular flexibility index (Phi) is 5.04. The fraction of sp³-hybridized carbons (Fsp3) is 0.667. The van der Waals surface area contributed by atoms with Crippen molar-refractivity contribution in [3.63, 3.8) is 0 Å². The molecule has 0 aliphatic heterocycles. The van der Waals surface area contributed by atoms with Crippen LogP contribution in [0.3, 0.4) is 0 Å². The number of ketones is 1. The third-order valence-electron chi connectivity index (χ3n) is 4.13. The Morgan fingerprint density at radius 2 is 2.11 bits per heavy atom. The predicted molar refractivity (Wildman–Crippen MR) is 80.2 cm³/mol. The van der Waals surface area contributed by atoms with E-state index < -0.39 is 0 Å². The Labute approximate surface area is 124 Å². The zero-order chi connectivity index (χ0) is 14.0. The van der Waals surface area contributed by atoms with Crippen LogP contribution in [0.1, 0.15) is 49.7 Å². The second kappa shape index (κ2) is 6.38. The Hall–Kier alpha value is -0.380. The first-order valence-electron chi connectivity index (χ1n) is 6.92. The Bertz CT molecular complexity index is 443. The van der Waals surface area contributed by atoms with E-state index in [1.165, 1.54) is 17.8 Å². The number of rotatable bonds is 4. The number of hydrogen-bond donors (Lipinski definition) is 0. The number of carbonyl (C=O) groups excluding carboxylic acids is 1. The first kappa shape index (κ1) is 15.0. The molecule has 0 amide bonds. The van der Waals surface area contributed by atoms with Gasteiger partial charge < -0.3 is 4.74 Å². The summed E-state index contributed by atoms with van der Waals surface area (Å²) >= 11 is 7.18. The molecule has 1 aliphatic rings. The molecule has 0 saturated heterocycles. The number of ether oxygens (including phenoxy) is 1. The molecule has 4 unspecified atom stereocenters. The van der Waals surface area contributed by atoms with E-state index in [4.69, 9.17) is 16.3 Å². The van der Waals surface area contributed by atoms with Crippen molar-refractivity contribution >= 4 is 28.7 Å². The molecule has 4 atom stereocenters. The predicted octanol–water partition coefficient (Wildman–Crippen LogP) is 4.81. The SMILES string of the molecule is CC(OC1CCC(C)C(C)C1)C(=O)c1ccc(Cl)s1. The van der Waals surface area contributed by atoms with Crippen LogP contribution in [0.25, 0.3) is 0 Å². The van der Waals surface area contributed by atoms with Crippen molar-refractivity contribution in [2.75, 3.05) is 0 Å². The van der Waals surface area contributed by atoms with Gasteiger partial charge in [0.05, 0.1) is 15.3 Å². The van der Waals surface area contributed by atoms with Gasteiger partial charge in [-0.3, -0.25) is 4.79 Å². The standard InChI is InChI=1S/C15H21ClO2S/c1-9-4-5-12(8-10(9)2)18-11(3)15(17)13-6-7-14(16)19-13/h6-7,9-12H,4-5,8H2,1-3H3. The van der Waals surface area contributed by atoms with Gasteiger partial charge in [-0.2, -0.15) is 0 Å². The average Bonchev–Trinajstić information content (AvgIpc) is 2.79. The molecule has 1 aliphatic carbocycles. The largest absolute Gasteiger partial charge is 0.367 e. The van der Waals surface area contributed by atoms with E-state index >= 15 is 0 Å². The summed E-state index contributed by atoms with van der Waals surface area (Å²) in [6.45, 7) is 6.41.